The van der Waals surface area contributed by atoms with Crippen LogP contribution in [0.1, 0.15) is 127 Å². The maximum atomic E-state index is 14.7. The van der Waals surface area contributed by atoms with Gasteiger partial charge in [-0.3, -0.25) is 38.7 Å². The fourth-order valence-corrected chi connectivity index (χ4v) is 8.96. The van der Waals surface area contributed by atoms with E-state index in [1.165, 1.54) is 18.6 Å². The van der Waals surface area contributed by atoms with Crippen LogP contribution in [0.4, 0.5) is 0 Å². The molecule has 0 bridgehead atoms. The van der Waals surface area contributed by atoms with E-state index in [0.717, 1.165) is 56.9 Å². The Kier molecular flexibility index (Phi) is 13.8. The first kappa shape index (κ1) is 40.0. The Morgan fingerprint density at radius 3 is 2.32 bits per heavy atom. The number of carbonyl (C=O) groups excluding carboxylic acids is 6. The number of aromatic nitrogens is 3. The number of ketones is 4. The number of likely N-dealkylation sites (tertiary alicyclic amines) is 1. The van der Waals surface area contributed by atoms with Gasteiger partial charge >= 0.3 is 0 Å². The van der Waals surface area contributed by atoms with Crippen molar-refractivity contribution in [3.05, 3.63) is 54.4 Å². The lowest BCUT2D eigenvalue weighted by Crippen LogP contribution is -2.58. The Morgan fingerprint density at radius 1 is 0.906 bits per heavy atom. The lowest BCUT2D eigenvalue weighted by Gasteiger charge is -2.38. The third-order valence-electron chi connectivity index (χ3n) is 11.8. The molecule has 2 aromatic rings. The van der Waals surface area contributed by atoms with Crippen molar-refractivity contribution in [1.29, 1.82) is 0 Å². The van der Waals surface area contributed by atoms with Gasteiger partial charge in [0.25, 0.3) is 0 Å². The van der Waals surface area contributed by atoms with Crippen LogP contribution in [-0.2, 0) is 30.4 Å². The third-order valence-corrected chi connectivity index (χ3v) is 11.8. The molecule has 2 aliphatic carbocycles. The quantitative estimate of drug-likeness (QED) is 0.154. The minimum Gasteiger partial charge on any atom is -0.344 e. The summed E-state index contributed by atoms with van der Waals surface area (Å²) in [7, 11) is 0. The number of carbonyl (C=O) groups is 6. The van der Waals surface area contributed by atoms with E-state index in [9.17, 15) is 28.8 Å². The second kappa shape index (κ2) is 18.3. The van der Waals surface area contributed by atoms with Crippen LogP contribution in [0.2, 0.25) is 0 Å². The van der Waals surface area contributed by atoms with Gasteiger partial charge in [-0.15, -0.1) is 0 Å². The molecule has 0 spiro atoms. The Morgan fingerprint density at radius 2 is 1.66 bits per heavy atom. The van der Waals surface area contributed by atoms with E-state index in [-0.39, 0.29) is 66.1 Å². The summed E-state index contributed by atoms with van der Waals surface area (Å²) in [5, 5.41) is 3.10. The van der Waals surface area contributed by atoms with E-state index >= 15 is 0 Å². The predicted octanol–water partition coefficient (Wildman–Crippen LogP) is 5.95. The Balaban J connectivity index is 1.34. The number of amides is 2. The topological polar surface area (TPSA) is 156 Å². The van der Waals surface area contributed by atoms with Crippen molar-refractivity contribution in [2.24, 2.45) is 35.0 Å². The Bertz CT molecular complexity index is 1600. The molecule has 53 heavy (non-hydrogen) atoms. The van der Waals surface area contributed by atoms with E-state index in [1.807, 2.05) is 33.8 Å². The van der Waals surface area contributed by atoms with Crippen molar-refractivity contribution in [3.63, 3.8) is 0 Å². The summed E-state index contributed by atoms with van der Waals surface area (Å²) in [6.45, 7) is 8.04. The molecule has 3 aliphatic rings. The van der Waals surface area contributed by atoms with Gasteiger partial charge in [0.05, 0.1) is 12.2 Å². The van der Waals surface area contributed by atoms with Gasteiger partial charge in [0.15, 0.2) is 17.3 Å². The second-order valence-electron chi connectivity index (χ2n) is 16.6. The van der Waals surface area contributed by atoms with Gasteiger partial charge < -0.3 is 10.2 Å². The molecule has 11 nitrogen and oxygen atoms in total. The van der Waals surface area contributed by atoms with Crippen molar-refractivity contribution in [2.45, 2.75) is 130 Å². The average Bonchev–Trinajstić information content (AvgIpc) is 3.77. The number of pyridine rings is 1. The van der Waals surface area contributed by atoms with Crippen LogP contribution in [0.5, 0.6) is 0 Å². The molecule has 5 rings (SSSR count). The van der Waals surface area contributed by atoms with Gasteiger partial charge in [-0.25, -0.2) is 4.98 Å². The molecule has 3 heterocycles. The zero-order chi connectivity index (χ0) is 38.1. The molecule has 2 aromatic heterocycles. The number of fused-ring (bicyclic) bond motifs is 1. The summed E-state index contributed by atoms with van der Waals surface area (Å²) >= 11 is 0. The van der Waals surface area contributed by atoms with E-state index in [1.54, 1.807) is 23.4 Å². The number of hydrogen-bond acceptors (Lipinski definition) is 9. The number of Topliss-reactive ketones (excluding diaryl/α,β-unsaturated/α-hetero) is 4. The van der Waals surface area contributed by atoms with Gasteiger partial charge in [-0.1, -0.05) is 65.9 Å². The van der Waals surface area contributed by atoms with Gasteiger partial charge in [0, 0.05) is 62.4 Å². The fourth-order valence-electron chi connectivity index (χ4n) is 8.96. The number of rotatable bonds is 17. The lowest BCUT2D eigenvalue weighted by atomic mass is 9.76. The highest BCUT2D eigenvalue weighted by atomic mass is 16.2. The molecule has 11 heteroatoms. The van der Waals surface area contributed by atoms with Crippen molar-refractivity contribution >= 4 is 34.9 Å². The Labute approximate surface area is 313 Å². The van der Waals surface area contributed by atoms with Crippen molar-refractivity contribution in [3.8, 4) is 0 Å². The van der Waals surface area contributed by atoms with Crippen LogP contribution >= 0.6 is 0 Å². The molecule has 0 radical (unpaired) electrons. The summed E-state index contributed by atoms with van der Waals surface area (Å²) in [6.07, 6.45) is 16.5. The molecule has 6 atom stereocenters. The summed E-state index contributed by atoms with van der Waals surface area (Å²) in [5.74, 6) is -3.34. The first-order chi connectivity index (χ1) is 25.4. The van der Waals surface area contributed by atoms with Crippen LogP contribution in [0, 0.1) is 35.0 Å². The van der Waals surface area contributed by atoms with E-state index in [2.05, 4.69) is 20.3 Å². The second-order valence-corrected chi connectivity index (χ2v) is 16.6. The largest absolute Gasteiger partial charge is 0.344 e. The summed E-state index contributed by atoms with van der Waals surface area (Å²) in [4.78, 5) is 97.3. The van der Waals surface area contributed by atoms with Crippen LogP contribution < -0.4 is 5.32 Å². The summed E-state index contributed by atoms with van der Waals surface area (Å²) in [5.41, 5.74) is 0.377. The normalized spacial score (nSPS) is 22.0. The van der Waals surface area contributed by atoms with Crippen LogP contribution in [0.15, 0.2) is 43.1 Å². The van der Waals surface area contributed by atoms with Crippen molar-refractivity contribution < 1.29 is 28.8 Å². The highest BCUT2D eigenvalue weighted by Crippen LogP contribution is 2.44. The maximum absolute atomic E-state index is 14.7. The summed E-state index contributed by atoms with van der Waals surface area (Å²) < 4.78 is 0. The molecule has 1 saturated heterocycles. The zero-order valence-electron chi connectivity index (χ0n) is 31.9. The van der Waals surface area contributed by atoms with Gasteiger partial charge in [0.1, 0.15) is 11.7 Å². The molecule has 0 aromatic carbocycles. The molecule has 2 unspecified atom stereocenters. The fraction of sp³-hybridized carbons (Fsp3) is 0.643. The minimum absolute atomic E-state index is 0.000618. The van der Waals surface area contributed by atoms with Crippen LogP contribution in [0.25, 0.3) is 0 Å². The number of aryl methyl sites for hydroxylation is 1. The molecule has 1 N–H and O–H groups in total. The van der Waals surface area contributed by atoms with Crippen molar-refractivity contribution in [2.75, 3.05) is 6.54 Å². The maximum Gasteiger partial charge on any atom is 0.246 e. The zero-order valence-corrected chi connectivity index (χ0v) is 31.9. The number of nitrogens with zero attached hydrogens (tertiary/aromatic N) is 4. The van der Waals surface area contributed by atoms with E-state index < -0.39 is 40.9 Å². The van der Waals surface area contributed by atoms with Crippen LogP contribution in [-0.4, -0.2) is 73.4 Å². The van der Waals surface area contributed by atoms with Crippen molar-refractivity contribution in [1.82, 2.24) is 25.2 Å². The standard InChI is InChI=1S/C42H57N5O6/c1-5-11-29(38(51)34(48)18-17-27-12-10-19-43-24-27)22-36(50)37-31-16-9-15-30(31)26-47(37)41(53)39(42(2,3)4)46-40(52)32(28-13-7-6-8-14-28)23-35(49)33-25-44-20-21-45-33/h10,12,19-21,24-25,28-32,37,39H,5-9,11,13-18,22-23,26H2,1-4H3,(H,46,52)/t29-,30?,31?,32+,37-,39+/m0/s1. The molecule has 286 valence electrons. The molecule has 3 fully saturated rings. The molecular formula is C42H57N5O6. The average molecular weight is 728 g/mol. The lowest BCUT2D eigenvalue weighted by molar-refractivity contribution is -0.146. The number of nitrogens with one attached hydrogen (secondary N) is 1. The highest BCUT2D eigenvalue weighted by molar-refractivity contribution is 6.38. The Hall–Kier alpha value is -4.15. The first-order valence-electron chi connectivity index (χ1n) is 19.8. The smallest absolute Gasteiger partial charge is 0.246 e. The van der Waals surface area contributed by atoms with Gasteiger partial charge in [-0.2, -0.15) is 0 Å². The monoisotopic (exact) mass is 727 g/mol. The molecule has 2 saturated carbocycles. The van der Waals surface area contributed by atoms with Crippen LogP contribution in [0.3, 0.4) is 0 Å². The molecule has 1 aliphatic heterocycles. The summed E-state index contributed by atoms with van der Waals surface area (Å²) in [6, 6.07) is 1.99. The van der Waals surface area contributed by atoms with E-state index in [4.69, 9.17) is 0 Å². The number of hydrogen-bond donors (Lipinski definition) is 1. The predicted molar refractivity (Wildman–Crippen MR) is 199 cm³/mol. The van der Waals surface area contributed by atoms with Gasteiger partial charge in [-0.05, 0) is 73.3 Å². The SMILES string of the molecule is CCC[C@@H](CC(=O)[C@@H]1C2CCCC2CN1C(=O)[C@@H](NC(=O)[C@H](CC(=O)c1cnccn1)C1CCCCC1)C(C)(C)C)C(=O)C(=O)CCc1cccnc1. The highest BCUT2D eigenvalue weighted by Gasteiger charge is 2.52. The first-order valence-corrected chi connectivity index (χ1v) is 19.8. The van der Waals surface area contributed by atoms with E-state index in [0.29, 0.717) is 25.8 Å². The molecular weight excluding hydrogens is 670 g/mol. The third kappa shape index (κ3) is 10.1. The minimum atomic E-state index is -0.941. The van der Waals surface area contributed by atoms with Gasteiger partial charge in [0.2, 0.25) is 17.6 Å². The molecule has 2 amide bonds.